The summed E-state index contributed by atoms with van der Waals surface area (Å²) in [5.41, 5.74) is 2.15. The largest absolute Gasteiger partial charge is 0.392 e. The van der Waals surface area contributed by atoms with Crippen molar-refractivity contribution in [1.29, 1.82) is 0 Å². The molecule has 0 spiro atoms. The Hall–Kier alpha value is -1.15. The zero-order valence-corrected chi connectivity index (χ0v) is 11.2. The van der Waals surface area contributed by atoms with Gasteiger partial charge in [-0.15, -0.1) is 0 Å². The average molecular weight is 234 g/mol. The molecule has 0 aliphatic heterocycles. The number of allylic oxidation sites excluding steroid dienone is 5. The van der Waals surface area contributed by atoms with Gasteiger partial charge in [0.1, 0.15) is 0 Å². The van der Waals surface area contributed by atoms with Crippen molar-refractivity contribution in [3.8, 4) is 0 Å². The van der Waals surface area contributed by atoms with Crippen molar-refractivity contribution in [2.45, 2.75) is 34.1 Å². The summed E-state index contributed by atoms with van der Waals surface area (Å²) in [7, 11) is 0. The molecule has 0 saturated carbocycles. The van der Waals surface area contributed by atoms with Gasteiger partial charge >= 0.3 is 0 Å². The minimum Gasteiger partial charge on any atom is -0.392 e. The van der Waals surface area contributed by atoms with Crippen molar-refractivity contribution in [2.24, 2.45) is 11.3 Å². The molecule has 1 aliphatic carbocycles. The first-order valence-corrected chi connectivity index (χ1v) is 6.03. The molecular weight excluding hydrogens is 212 g/mol. The zero-order chi connectivity index (χ0) is 13.1. The summed E-state index contributed by atoms with van der Waals surface area (Å²) >= 11 is 0. The number of carbonyl (C=O) groups is 1. The van der Waals surface area contributed by atoms with Crippen LogP contribution >= 0.6 is 0 Å². The Morgan fingerprint density at radius 3 is 2.76 bits per heavy atom. The van der Waals surface area contributed by atoms with E-state index in [1.54, 1.807) is 12.2 Å². The lowest BCUT2D eigenvalue weighted by Crippen LogP contribution is -2.30. The van der Waals surface area contributed by atoms with Crippen LogP contribution in [0.15, 0.2) is 35.5 Å². The van der Waals surface area contributed by atoms with Gasteiger partial charge in [-0.1, -0.05) is 43.2 Å². The van der Waals surface area contributed by atoms with Gasteiger partial charge < -0.3 is 5.11 Å². The first-order valence-electron chi connectivity index (χ1n) is 6.03. The molecule has 2 heteroatoms. The van der Waals surface area contributed by atoms with E-state index in [2.05, 4.69) is 19.9 Å². The van der Waals surface area contributed by atoms with Gasteiger partial charge in [0, 0.05) is 12.3 Å². The van der Waals surface area contributed by atoms with E-state index in [4.69, 9.17) is 5.11 Å². The van der Waals surface area contributed by atoms with Crippen molar-refractivity contribution in [2.75, 3.05) is 6.61 Å². The molecule has 1 rings (SSSR count). The average Bonchev–Trinajstić information content (AvgIpc) is 2.14. The van der Waals surface area contributed by atoms with Gasteiger partial charge in [0.05, 0.1) is 6.61 Å². The maximum Gasteiger partial charge on any atom is 0.156 e. The van der Waals surface area contributed by atoms with Gasteiger partial charge in [0.15, 0.2) is 5.78 Å². The molecule has 0 aromatic rings. The number of aliphatic hydroxyl groups is 1. The van der Waals surface area contributed by atoms with Crippen LogP contribution in [0, 0.1) is 11.3 Å². The van der Waals surface area contributed by atoms with Crippen molar-refractivity contribution >= 4 is 5.78 Å². The van der Waals surface area contributed by atoms with Crippen LogP contribution in [0.5, 0.6) is 0 Å². The van der Waals surface area contributed by atoms with E-state index in [0.717, 1.165) is 11.1 Å². The van der Waals surface area contributed by atoms with Crippen molar-refractivity contribution < 1.29 is 9.90 Å². The molecule has 0 bridgehead atoms. The second kappa shape index (κ2) is 5.46. The molecule has 1 N–H and O–H groups in total. The minimum atomic E-state index is -0.0219. The summed E-state index contributed by atoms with van der Waals surface area (Å²) in [5.74, 6) is 0.516. The minimum absolute atomic E-state index is 0.0219. The van der Waals surface area contributed by atoms with Crippen molar-refractivity contribution in [3.05, 3.63) is 35.5 Å². The van der Waals surface area contributed by atoms with Crippen LogP contribution in [0.25, 0.3) is 0 Å². The smallest absolute Gasteiger partial charge is 0.156 e. The Morgan fingerprint density at radius 1 is 1.59 bits per heavy atom. The quantitative estimate of drug-likeness (QED) is 0.762. The summed E-state index contributed by atoms with van der Waals surface area (Å²) in [6.45, 7) is 8.30. The van der Waals surface area contributed by atoms with E-state index in [9.17, 15) is 4.79 Å². The molecular formula is C15H22O2. The fourth-order valence-electron chi connectivity index (χ4n) is 2.44. The van der Waals surface area contributed by atoms with E-state index in [1.165, 1.54) is 0 Å². The molecule has 0 saturated heterocycles. The third kappa shape index (κ3) is 3.67. The molecule has 0 fully saturated rings. The van der Waals surface area contributed by atoms with Crippen LogP contribution in [0.4, 0.5) is 0 Å². The molecule has 1 aliphatic rings. The summed E-state index contributed by atoms with van der Waals surface area (Å²) in [6.07, 6.45) is 8.29. The number of ketones is 1. The second-order valence-electron chi connectivity index (χ2n) is 5.49. The van der Waals surface area contributed by atoms with Crippen LogP contribution < -0.4 is 0 Å². The number of carbonyl (C=O) groups excluding carboxylic acids is 1. The van der Waals surface area contributed by atoms with Gasteiger partial charge in [-0.05, 0) is 25.3 Å². The number of hydrogen-bond donors (Lipinski definition) is 1. The maximum absolute atomic E-state index is 11.5. The zero-order valence-electron chi connectivity index (χ0n) is 11.2. The summed E-state index contributed by atoms with van der Waals surface area (Å²) in [4.78, 5) is 11.5. The second-order valence-corrected chi connectivity index (χ2v) is 5.49. The highest BCUT2D eigenvalue weighted by Gasteiger charge is 2.34. The first-order chi connectivity index (χ1) is 7.86. The monoisotopic (exact) mass is 234 g/mol. The van der Waals surface area contributed by atoms with Gasteiger partial charge in [-0.25, -0.2) is 0 Å². The van der Waals surface area contributed by atoms with Gasteiger partial charge in [-0.3, -0.25) is 4.79 Å². The molecule has 0 heterocycles. The number of aliphatic hydroxyl groups excluding tert-OH is 1. The lowest BCUT2D eigenvalue weighted by atomic mass is 9.68. The molecule has 0 aromatic carbocycles. The Bertz CT molecular complexity index is 384. The van der Waals surface area contributed by atoms with Crippen LogP contribution in [-0.2, 0) is 4.79 Å². The number of hydrogen-bond acceptors (Lipinski definition) is 2. The summed E-state index contributed by atoms with van der Waals surface area (Å²) in [6, 6.07) is 0. The molecule has 1 unspecified atom stereocenters. The lowest BCUT2D eigenvalue weighted by molar-refractivity contribution is -0.117. The van der Waals surface area contributed by atoms with E-state index < -0.39 is 0 Å². The van der Waals surface area contributed by atoms with Gasteiger partial charge in [0.2, 0.25) is 0 Å². The third-order valence-electron chi connectivity index (χ3n) is 3.32. The van der Waals surface area contributed by atoms with Crippen LogP contribution in [0.1, 0.15) is 34.1 Å². The molecule has 0 radical (unpaired) electrons. The standard InChI is InChI=1S/C15H22O2/c1-11(7-8-16)5-6-14-12(2)9-13(17)10-15(14,3)4/h5-7,9,14,16H,8,10H2,1-4H3/b6-5+,11-7+. The normalized spacial score (nSPS) is 25.2. The topological polar surface area (TPSA) is 37.3 Å². The summed E-state index contributed by atoms with van der Waals surface area (Å²) in [5, 5.41) is 8.80. The SMILES string of the molecule is CC1=CC(=O)CC(C)(C)C1/C=C/C(C)=C/CO. The first kappa shape index (κ1) is 13.9. The maximum atomic E-state index is 11.5. The fraction of sp³-hybridized carbons (Fsp3) is 0.533. The molecule has 1 atom stereocenters. The van der Waals surface area contributed by atoms with Crippen molar-refractivity contribution in [3.63, 3.8) is 0 Å². The highest BCUT2D eigenvalue weighted by Crippen LogP contribution is 2.40. The predicted molar refractivity (Wildman–Crippen MR) is 70.6 cm³/mol. The fourth-order valence-corrected chi connectivity index (χ4v) is 2.44. The molecule has 0 aromatic heterocycles. The number of rotatable bonds is 3. The molecule has 94 valence electrons. The third-order valence-corrected chi connectivity index (χ3v) is 3.32. The van der Waals surface area contributed by atoms with E-state index in [1.807, 2.05) is 19.9 Å². The Balaban J connectivity index is 2.92. The van der Waals surface area contributed by atoms with E-state index >= 15 is 0 Å². The van der Waals surface area contributed by atoms with Gasteiger partial charge in [0.25, 0.3) is 0 Å². The van der Waals surface area contributed by atoms with Crippen LogP contribution in [0.2, 0.25) is 0 Å². The molecule has 2 nitrogen and oxygen atoms in total. The Morgan fingerprint density at radius 2 is 2.24 bits per heavy atom. The van der Waals surface area contributed by atoms with Crippen LogP contribution in [0.3, 0.4) is 0 Å². The van der Waals surface area contributed by atoms with E-state index in [-0.39, 0.29) is 17.8 Å². The Kier molecular flexibility index (Phi) is 4.47. The predicted octanol–water partition coefficient (Wildman–Crippen LogP) is 3.04. The molecule has 17 heavy (non-hydrogen) atoms. The Labute approximate surface area is 104 Å². The highest BCUT2D eigenvalue weighted by molar-refractivity contribution is 5.92. The lowest BCUT2D eigenvalue weighted by Gasteiger charge is -2.35. The van der Waals surface area contributed by atoms with Crippen molar-refractivity contribution in [1.82, 2.24) is 0 Å². The van der Waals surface area contributed by atoms with E-state index in [0.29, 0.717) is 12.3 Å². The van der Waals surface area contributed by atoms with Crippen LogP contribution in [-0.4, -0.2) is 17.5 Å². The molecule has 0 amide bonds. The highest BCUT2D eigenvalue weighted by atomic mass is 16.2. The summed E-state index contributed by atoms with van der Waals surface area (Å²) < 4.78 is 0. The van der Waals surface area contributed by atoms with Gasteiger partial charge in [-0.2, -0.15) is 0 Å².